The molecule has 0 aliphatic rings. The minimum Gasteiger partial charge on any atom is -0.484 e. The number of carbonyl (C=O) groups excluding carboxylic acids is 1. The van der Waals surface area contributed by atoms with Crippen LogP contribution in [-0.4, -0.2) is 18.6 Å². The van der Waals surface area contributed by atoms with E-state index in [1.807, 2.05) is 13.0 Å². The third-order valence-electron chi connectivity index (χ3n) is 2.46. The maximum absolute atomic E-state index is 11.6. The number of carbonyl (C=O) groups is 1. The van der Waals surface area contributed by atoms with E-state index in [1.54, 1.807) is 24.3 Å². The summed E-state index contributed by atoms with van der Waals surface area (Å²) in [7, 11) is 0. The Morgan fingerprint density at radius 1 is 1.56 bits per heavy atom. The van der Waals surface area contributed by atoms with Gasteiger partial charge in [-0.15, -0.1) is 0 Å². The topological polar surface area (TPSA) is 62.1 Å². The normalized spacial score (nSPS) is 11.4. The summed E-state index contributed by atoms with van der Waals surface area (Å²) in [5.74, 6) is 0.394. The average Bonchev–Trinajstić information content (AvgIpc) is 2.37. The van der Waals surface area contributed by atoms with Crippen molar-refractivity contribution in [2.75, 3.05) is 6.61 Å². The van der Waals surface area contributed by atoms with Crippen molar-refractivity contribution >= 4 is 5.91 Å². The average molecular weight is 246 g/mol. The molecule has 1 unspecified atom stereocenters. The monoisotopic (exact) mass is 246 g/mol. The second-order valence-electron chi connectivity index (χ2n) is 4.19. The highest BCUT2D eigenvalue weighted by atomic mass is 16.5. The number of nitriles is 1. The maximum Gasteiger partial charge on any atom is 0.258 e. The van der Waals surface area contributed by atoms with Gasteiger partial charge in [-0.3, -0.25) is 4.79 Å². The lowest BCUT2D eigenvalue weighted by atomic mass is 10.2. The molecule has 0 aliphatic heterocycles. The molecule has 1 aromatic carbocycles. The lowest BCUT2D eigenvalue weighted by Crippen LogP contribution is -2.35. The summed E-state index contributed by atoms with van der Waals surface area (Å²) >= 11 is 0. The summed E-state index contributed by atoms with van der Waals surface area (Å²) in [6.07, 6.45) is 1.99. The van der Waals surface area contributed by atoms with Crippen molar-refractivity contribution in [3.05, 3.63) is 29.8 Å². The van der Waals surface area contributed by atoms with Crippen LogP contribution in [0.4, 0.5) is 0 Å². The van der Waals surface area contributed by atoms with Crippen molar-refractivity contribution < 1.29 is 9.53 Å². The van der Waals surface area contributed by atoms with Crippen molar-refractivity contribution in [3.8, 4) is 11.8 Å². The van der Waals surface area contributed by atoms with Crippen LogP contribution in [0.15, 0.2) is 24.3 Å². The largest absolute Gasteiger partial charge is 0.484 e. The zero-order valence-electron chi connectivity index (χ0n) is 10.8. The SMILES string of the molecule is CCCC(C)NC(=O)COc1cccc(C#N)c1. The van der Waals surface area contributed by atoms with E-state index in [0.29, 0.717) is 11.3 Å². The number of rotatable bonds is 6. The van der Waals surface area contributed by atoms with Gasteiger partial charge in [0.25, 0.3) is 5.91 Å². The van der Waals surface area contributed by atoms with Gasteiger partial charge in [0, 0.05) is 6.04 Å². The third-order valence-corrected chi connectivity index (χ3v) is 2.46. The highest BCUT2D eigenvalue weighted by molar-refractivity contribution is 5.77. The molecule has 0 aromatic heterocycles. The van der Waals surface area contributed by atoms with Gasteiger partial charge in [-0.05, 0) is 31.5 Å². The van der Waals surface area contributed by atoms with Gasteiger partial charge < -0.3 is 10.1 Å². The van der Waals surface area contributed by atoms with Gasteiger partial charge in [0.2, 0.25) is 0 Å². The Bertz CT molecular complexity index is 438. The molecule has 1 aromatic rings. The quantitative estimate of drug-likeness (QED) is 0.837. The van der Waals surface area contributed by atoms with Gasteiger partial charge in [0.15, 0.2) is 6.61 Å². The molecular formula is C14H18N2O2. The van der Waals surface area contributed by atoms with E-state index >= 15 is 0 Å². The lowest BCUT2D eigenvalue weighted by Gasteiger charge is -2.13. The van der Waals surface area contributed by atoms with Crippen molar-refractivity contribution in [2.24, 2.45) is 0 Å². The van der Waals surface area contributed by atoms with E-state index in [9.17, 15) is 4.79 Å². The summed E-state index contributed by atoms with van der Waals surface area (Å²) in [5, 5.41) is 11.6. The Balaban J connectivity index is 2.40. The Morgan fingerprint density at radius 2 is 2.33 bits per heavy atom. The molecule has 0 heterocycles. The van der Waals surface area contributed by atoms with E-state index < -0.39 is 0 Å². The van der Waals surface area contributed by atoms with Gasteiger partial charge in [-0.1, -0.05) is 19.4 Å². The van der Waals surface area contributed by atoms with Crippen LogP contribution < -0.4 is 10.1 Å². The molecule has 0 saturated carbocycles. The Hall–Kier alpha value is -2.02. The van der Waals surface area contributed by atoms with Gasteiger partial charge in [0.05, 0.1) is 11.6 Å². The fraction of sp³-hybridized carbons (Fsp3) is 0.429. The van der Waals surface area contributed by atoms with E-state index in [0.717, 1.165) is 12.8 Å². The first-order chi connectivity index (χ1) is 8.65. The van der Waals surface area contributed by atoms with Gasteiger partial charge in [0.1, 0.15) is 5.75 Å². The standard InChI is InChI=1S/C14H18N2O2/c1-3-5-11(2)16-14(17)10-18-13-7-4-6-12(8-13)9-15/h4,6-8,11H,3,5,10H2,1-2H3,(H,16,17). The second kappa shape index (κ2) is 7.33. The minimum absolute atomic E-state index is 0.0249. The van der Waals surface area contributed by atoms with Crippen LogP contribution in [0.2, 0.25) is 0 Å². The van der Waals surface area contributed by atoms with Gasteiger partial charge in [-0.25, -0.2) is 0 Å². The van der Waals surface area contributed by atoms with E-state index in [-0.39, 0.29) is 18.6 Å². The van der Waals surface area contributed by atoms with Crippen LogP contribution in [0, 0.1) is 11.3 Å². The third kappa shape index (κ3) is 4.88. The van der Waals surface area contributed by atoms with Crippen LogP contribution >= 0.6 is 0 Å². The molecule has 4 nitrogen and oxygen atoms in total. The minimum atomic E-state index is -0.140. The molecule has 0 aliphatic carbocycles. The predicted octanol–water partition coefficient (Wildman–Crippen LogP) is 2.24. The zero-order chi connectivity index (χ0) is 13.4. The molecule has 4 heteroatoms. The Labute approximate surface area is 108 Å². The lowest BCUT2D eigenvalue weighted by molar-refractivity contribution is -0.123. The number of ether oxygens (including phenoxy) is 1. The van der Waals surface area contributed by atoms with Crippen LogP contribution in [0.5, 0.6) is 5.75 Å². The number of nitrogens with one attached hydrogen (secondary N) is 1. The molecule has 0 saturated heterocycles. The van der Waals surface area contributed by atoms with Crippen molar-refractivity contribution in [3.63, 3.8) is 0 Å². The summed E-state index contributed by atoms with van der Waals surface area (Å²) in [6, 6.07) is 8.94. The first-order valence-electron chi connectivity index (χ1n) is 6.08. The summed E-state index contributed by atoms with van der Waals surface area (Å²) in [5.41, 5.74) is 0.521. The van der Waals surface area contributed by atoms with Crippen LogP contribution in [0.25, 0.3) is 0 Å². The molecule has 1 rings (SSSR count). The van der Waals surface area contributed by atoms with Crippen LogP contribution in [0.1, 0.15) is 32.3 Å². The molecule has 1 atom stereocenters. The number of benzene rings is 1. The van der Waals surface area contributed by atoms with Crippen LogP contribution in [-0.2, 0) is 4.79 Å². The molecule has 0 spiro atoms. The van der Waals surface area contributed by atoms with E-state index in [4.69, 9.17) is 10.00 Å². The van der Waals surface area contributed by atoms with E-state index in [1.165, 1.54) is 0 Å². The second-order valence-corrected chi connectivity index (χ2v) is 4.19. The first-order valence-corrected chi connectivity index (χ1v) is 6.08. The molecule has 0 bridgehead atoms. The highest BCUT2D eigenvalue weighted by Crippen LogP contribution is 2.12. The molecular weight excluding hydrogens is 228 g/mol. The fourth-order valence-electron chi connectivity index (χ4n) is 1.63. The molecule has 96 valence electrons. The summed E-state index contributed by atoms with van der Waals surface area (Å²) < 4.78 is 5.33. The molecule has 1 amide bonds. The molecule has 0 fully saturated rings. The van der Waals surface area contributed by atoms with Crippen molar-refractivity contribution in [2.45, 2.75) is 32.7 Å². The van der Waals surface area contributed by atoms with E-state index in [2.05, 4.69) is 12.2 Å². The molecule has 1 N–H and O–H groups in total. The van der Waals surface area contributed by atoms with Gasteiger partial charge in [-0.2, -0.15) is 5.26 Å². The Kier molecular flexibility index (Phi) is 5.72. The number of amides is 1. The van der Waals surface area contributed by atoms with Crippen molar-refractivity contribution in [1.29, 1.82) is 5.26 Å². The zero-order valence-corrected chi connectivity index (χ0v) is 10.8. The fourth-order valence-corrected chi connectivity index (χ4v) is 1.63. The predicted molar refractivity (Wildman–Crippen MR) is 69.2 cm³/mol. The van der Waals surface area contributed by atoms with Crippen LogP contribution in [0.3, 0.4) is 0 Å². The maximum atomic E-state index is 11.6. The van der Waals surface area contributed by atoms with Gasteiger partial charge >= 0.3 is 0 Å². The Morgan fingerprint density at radius 3 is 3.00 bits per heavy atom. The molecule has 18 heavy (non-hydrogen) atoms. The highest BCUT2D eigenvalue weighted by Gasteiger charge is 2.07. The number of hydrogen-bond donors (Lipinski definition) is 1. The summed E-state index contributed by atoms with van der Waals surface area (Å²) in [6.45, 7) is 4.02. The van der Waals surface area contributed by atoms with Crippen molar-refractivity contribution in [1.82, 2.24) is 5.32 Å². The smallest absolute Gasteiger partial charge is 0.258 e. The summed E-state index contributed by atoms with van der Waals surface area (Å²) in [4.78, 5) is 11.6. The number of hydrogen-bond acceptors (Lipinski definition) is 3. The number of nitrogens with zero attached hydrogens (tertiary/aromatic N) is 1. The molecule has 0 radical (unpaired) electrons. The first kappa shape index (κ1) is 14.0.